The van der Waals surface area contributed by atoms with Crippen molar-refractivity contribution in [1.82, 2.24) is 5.32 Å². The number of carbonyl (C=O) groups is 1. The van der Waals surface area contributed by atoms with E-state index < -0.39 is 22.5 Å². The maximum absolute atomic E-state index is 13.4. The Balaban J connectivity index is 1.79. The highest BCUT2D eigenvalue weighted by Crippen LogP contribution is 2.29. The molecule has 3 aromatic rings. The van der Waals surface area contributed by atoms with Crippen molar-refractivity contribution in [1.29, 1.82) is 0 Å². The summed E-state index contributed by atoms with van der Waals surface area (Å²) in [5.41, 5.74) is 1.13. The van der Waals surface area contributed by atoms with Crippen LogP contribution < -0.4 is 23.8 Å². The second-order valence-corrected chi connectivity index (χ2v) is 9.81. The summed E-state index contributed by atoms with van der Waals surface area (Å²) in [7, 11) is -0.912. The van der Waals surface area contributed by atoms with E-state index in [1.165, 1.54) is 19.2 Å². The van der Waals surface area contributed by atoms with Gasteiger partial charge >= 0.3 is 0 Å². The molecule has 8 nitrogen and oxygen atoms in total. The van der Waals surface area contributed by atoms with Crippen LogP contribution in [0.3, 0.4) is 0 Å². The van der Waals surface area contributed by atoms with Crippen molar-refractivity contribution in [3.8, 4) is 17.2 Å². The molecule has 0 heterocycles. The molecule has 0 bridgehead atoms. The first kappa shape index (κ1) is 25.9. The number of rotatable bonds is 11. The lowest BCUT2D eigenvalue weighted by atomic mass is 10.2. The number of nitrogens with one attached hydrogen (secondary N) is 1. The molecule has 3 aromatic carbocycles. The molecular formula is C26H30N2O6S. The maximum atomic E-state index is 13.4. The van der Waals surface area contributed by atoms with Crippen LogP contribution in [0.25, 0.3) is 0 Å². The molecule has 0 aliphatic carbocycles. The number of benzene rings is 3. The Morgan fingerprint density at radius 1 is 0.914 bits per heavy atom. The second kappa shape index (κ2) is 11.6. The SMILES string of the molecule is COc1ccc(N(CC(=O)NCc2ccc(OC(C)C)c(OC)c2)S(=O)(=O)c2ccccc2)cc1. The third-order valence-corrected chi connectivity index (χ3v) is 6.85. The number of nitrogens with zero attached hydrogens (tertiary/aromatic N) is 1. The topological polar surface area (TPSA) is 94.2 Å². The van der Waals surface area contributed by atoms with E-state index in [1.807, 2.05) is 19.9 Å². The highest BCUT2D eigenvalue weighted by Gasteiger charge is 2.27. The lowest BCUT2D eigenvalue weighted by Crippen LogP contribution is -2.40. The number of amides is 1. The summed E-state index contributed by atoms with van der Waals surface area (Å²) in [5, 5.41) is 2.79. The van der Waals surface area contributed by atoms with Gasteiger partial charge in [-0.2, -0.15) is 0 Å². The van der Waals surface area contributed by atoms with Crippen LogP contribution in [0.4, 0.5) is 5.69 Å². The Morgan fingerprint density at radius 2 is 1.60 bits per heavy atom. The molecule has 186 valence electrons. The first-order valence-corrected chi connectivity index (χ1v) is 12.5. The quantitative estimate of drug-likeness (QED) is 0.429. The molecule has 35 heavy (non-hydrogen) atoms. The van der Waals surface area contributed by atoms with Crippen LogP contribution in [0, 0.1) is 0 Å². The van der Waals surface area contributed by atoms with Gasteiger partial charge in [0.1, 0.15) is 12.3 Å². The summed E-state index contributed by atoms with van der Waals surface area (Å²) in [4.78, 5) is 13.0. The van der Waals surface area contributed by atoms with Crippen LogP contribution >= 0.6 is 0 Å². The lowest BCUT2D eigenvalue weighted by Gasteiger charge is -2.24. The van der Waals surface area contributed by atoms with Gasteiger partial charge in [0.05, 0.1) is 30.9 Å². The monoisotopic (exact) mass is 498 g/mol. The maximum Gasteiger partial charge on any atom is 0.264 e. The molecule has 0 saturated heterocycles. The zero-order chi connectivity index (χ0) is 25.4. The van der Waals surface area contributed by atoms with Crippen LogP contribution in [-0.4, -0.2) is 41.2 Å². The number of anilines is 1. The Kier molecular flexibility index (Phi) is 8.59. The van der Waals surface area contributed by atoms with E-state index in [9.17, 15) is 13.2 Å². The molecule has 0 fully saturated rings. The lowest BCUT2D eigenvalue weighted by molar-refractivity contribution is -0.119. The summed E-state index contributed by atoms with van der Waals surface area (Å²) in [6.45, 7) is 3.64. The molecule has 0 saturated carbocycles. The molecule has 0 aliphatic rings. The number of sulfonamides is 1. The first-order chi connectivity index (χ1) is 16.7. The molecule has 0 atom stereocenters. The van der Waals surface area contributed by atoms with Crippen LogP contribution in [-0.2, 0) is 21.4 Å². The van der Waals surface area contributed by atoms with E-state index in [0.29, 0.717) is 22.9 Å². The predicted molar refractivity (Wildman–Crippen MR) is 135 cm³/mol. The zero-order valence-corrected chi connectivity index (χ0v) is 21.0. The summed E-state index contributed by atoms with van der Waals surface area (Å²) in [6.07, 6.45) is -0.00930. The molecule has 3 rings (SSSR count). The molecule has 1 amide bonds. The fraction of sp³-hybridized carbons (Fsp3) is 0.269. The van der Waals surface area contributed by atoms with Crippen LogP contribution in [0.2, 0.25) is 0 Å². The van der Waals surface area contributed by atoms with Gasteiger partial charge in [-0.05, 0) is 67.9 Å². The predicted octanol–water partition coefficient (Wildman–Crippen LogP) is 4.00. The van der Waals surface area contributed by atoms with E-state index in [0.717, 1.165) is 9.87 Å². The summed E-state index contributed by atoms with van der Waals surface area (Å²) < 4.78 is 44.1. The standard InChI is InChI=1S/C26H30N2O6S/c1-19(2)34-24-15-10-20(16-25(24)33-4)17-27-26(29)18-28(21-11-13-22(32-3)14-12-21)35(30,31)23-8-6-5-7-9-23/h5-16,19H,17-18H2,1-4H3,(H,27,29). The first-order valence-electron chi connectivity index (χ1n) is 11.1. The molecular weight excluding hydrogens is 468 g/mol. The number of hydrogen-bond donors (Lipinski definition) is 1. The van der Waals surface area contributed by atoms with E-state index in [4.69, 9.17) is 14.2 Å². The average molecular weight is 499 g/mol. The van der Waals surface area contributed by atoms with Gasteiger partial charge in [0.15, 0.2) is 11.5 Å². The van der Waals surface area contributed by atoms with Gasteiger partial charge in [0.25, 0.3) is 10.0 Å². The van der Waals surface area contributed by atoms with Crippen LogP contribution in [0.1, 0.15) is 19.4 Å². The fourth-order valence-electron chi connectivity index (χ4n) is 3.34. The van der Waals surface area contributed by atoms with E-state index >= 15 is 0 Å². The van der Waals surface area contributed by atoms with Gasteiger partial charge in [0.2, 0.25) is 5.91 Å². The molecule has 0 unspecified atom stereocenters. The van der Waals surface area contributed by atoms with Crippen molar-refractivity contribution in [2.24, 2.45) is 0 Å². The van der Waals surface area contributed by atoms with Crippen molar-refractivity contribution in [3.63, 3.8) is 0 Å². The Morgan fingerprint density at radius 3 is 2.20 bits per heavy atom. The van der Waals surface area contributed by atoms with Gasteiger partial charge in [-0.3, -0.25) is 9.10 Å². The third kappa shape index (κ3) is 6.66. The molecule has 0 aromatic heterocycles. The summed E-state index contributed by atoms with van der Waals surface area (Å²) in [6, 6.07) is 19.9. The van der Waals surface area contributed by atoms with Crippen LogP contribution in [0.15, 0.2) is 77.7 Å². The molecule has 9 heteroatoms. The van der Waals surface area contributed by atoms with E-state index in [1.54, 1.807) is 61.7 Å². The van der Waals surface area contributed by atoms with Gasteiger partial charge in [0, 0.05) is 6.54 Å². The molecule has 0 spiro atoms. The van der Waals surface area contributed by atoms with Gasteiger partial charge in [-0.1, -0.05) is 24.3 Å². The van der Waals surface area contributed by atoms with Crippen molar-refractivity contribution in [2.45, 2.75) is 31.4 Å². The number of carbonyl (C=O) groups excluding carboxylic acids is 1. The van der Waals surface area contributed by atoms with Gasteiger partial charge in [-0.25, -0.2) is 8.42 Å². The zero-order valence-electron chi connectivity index (χ0n) is 20.2. The Labute approximate surface area is 206 Å². The van der Waals surface area contributed by atoms with E-state index in [-0.39, 0.29) is 17.5 Å². The number of methoxy groups -OCH3 is 2. The van der Waals surface area contributed by atoms with Gasteiger partial charge in [-0.15, -0.1) is 0 Å². The normalized spacial score (nSPS) is 11.1. The molecule has 0 radical (unpaired) electrons. The smallest absolute Gasteiger partial charge is 0.264 e. The van der Waals surface area contributed by atoms with Crippen molar-refractivity contribution in [2.75, 3.05) is 25.1 Å². The highest BCUT2D eigenvalue weighted by atomic mass is 32.2. The summed E-state index contributed by atoms with van der Waals surface area (Å²) in [5.74, 6) is 1.28. The van der Waals surface area contributed by atoms with Crippen molar-refractivity contribution in [3.05, 3.63) is 78.4 Å². The minimum absolute atomic E-state index is 0.00930. The number of hydrogen-bond acceptors (Lipinski definition) is 6. The highest BCUT2D eigenvalue weighted by molar-refractivity contribution is 7.92. The van der Waals surface area contributed by atoms with Crippen molar-refractivity contribution < 1.29 is 27.4 Å². The minimum atomic E-state index is -3.98. The third-order valence-electron chi connectivity index (χ3n) is 5.06. The van der Waals surface area contributed by atoms with Crippen LogP contribution in [0.5, 0.6) is 17.2 Å². The minimum Gasteiger partial charge on any atom is -0.497 e. The summed E-state index contributed by atoms with van der Waals surface area (Å²) >= 11 is 0. The second-order valence-electron chi connectivity index (χ2n) is 7.95. The number of ether oxygens (including phenoxy) is 3. The van der Waals surface area contributed by atoms with Crippen molar-refractivity contribution >= 4 is 21.6 Å². The van der Waals surface area contributed by atoms with E-state index in [2.05, 4.69) is 5.32 Å². The average Bonchev–Trinajstić information content (AvgIpc) is 2.87. The Bertz CT molecular complexity index is 1230. The largest absolute Gasteiger partial charge is 0.497 e. The molecule has 0 aliphatic heterocycles. The Hall–Kier alpha value is -3.72. The molecule has 1 N–H and O–H groups in total. The van der Waals surface area contributed by atoms with Gasteiger partial charge < -0.3 is 19.5 Å². The fourth-order valence-corrected chi connectivity index (χ4v) is 4.79.